The lowest BCUT2D eigenvalue weighted by atomic mass is 10.2. The molecule has 5 heteroatoms. The van der Waals surface area contributed by atoms with Crippen molar-refractivity contribution in [3.63, 3.8) is 0 Å². The maximum Gasteiger partial charge on any atom is 0.304 e. The molecule has 0 aliphatic carbocycles. The Hall–Kier alpha value is -1.10. The Morgan fingerprint density at radius 3 is 2.44 bits per heavy atom. The minimum absolute atomic E-state index is 0.0775. The first-order valence-electron chi connectivity index (χ1n) is 5.73. The Bertz CT molecular complexity index is 262. The molecule has 1 N–H and O–H groups in total. The number of carbonyl (C=O) groups is 2. The molecule has 0 saturated carbocycles. The molecule has 0 bridgehead atoms. The molecule has 5 nitrogen and oxygen atoms in total. The first kappa shape index (κ1) is 13.0. The largest absolute Gasteiger partial charge is 0.481 e. The highest BCUT2D eigenvalue weighted by Gasteiger charge is 2.25. The Morgan fingerprint density at radius 1 is 1.38 bits per heavy atom. The quantitative estimate of drug-likeness (QED) is 0.740. The van der Waals surface area contributed by atoms with Crippen LogP contribution < -0.4 is 0 Å². The first-order chi connectivity index (χ1) is 7.52. The number of carboxylic acid groups (broad SMARTS) is 1. The van der Waals surface area contributed by atoms with Crippen LogP contribution in [0.4, 0.5) is 0 Å². The summed E-state index contributed by atoms with van der Waals surface area (Å²) in [4.78, 5) is 26.1. The van der Waals surface area contributed by atoms with Gasteiger partial charge < -0.3 is 10.0 Å². The van der Waals surface area contributed by atoms with E-state index in [9.17, 15) is 9.59 Å². The monoisotopic (exact) mass is 228 g/mol. The molecule has 1 atom stereocenters. The zero-order chi connectivity index (χ0) is 12.1. The van der Waals surface area contributed by atoms with Crippen molar-refractivity contribution in [1.82, 2.24) is 9.80 Å². The molecule has 92 valence electrons. The number of hydrogen-bond donors (Lipinski definition) is 1. The zero-order valence-corrected chi connectivity index (χ0v) is 9.98. The molecular formula is C11H20N2O3. The van der Waals surface area contributed by atoms with Crippen molar-refractivity contribution in [1.29, 1.82) is 0 Å². The van der Waals surface area contributed by atoms with Crippen LogP contribution in [0.5, 0.6) is 0 Å². The molecule has 16 heavy (non-hydrogen) atoms. The van der Waals surface area contributed by atoms with E-state index in [-0.39, 0.29) is 18.4 Å². The van der Waals surface area contributed by atoms with Crippen molar-refractivity contribution >= 4 is 11.9 Å². The molecular weight excluding hydrogens is 208 g/mol. The van der Waals surface area contributed by atoms with Gasteiger partial charge in [0.25, 0.3) is 0 Å². The summed E-state index contributed by atoms with van der Waals surface area (Å²) < 4.78 is 0. The van der Waals surface area contributed by atoms with E-state index in [0.29, 0.717) is 6.54 Å². The summed E-state index contributed by atoms with van der Waals surface area (Å²) in [6.07, 6.45) is 2.24. The van der Waals surface area contributed by atoms with E-state index in [1.807, 2.05) is 11.8 Å². The first-order valence-corrected chi connectivity index (χ1v) is 5.73. The second kappa shape index (κ2) is 5.84. The van der Waals surface area contributed by atoms with Gasteiger partial charge in [-0.2, -0.15) is 0 Å². The summed E-state index contributed by atoms with van der Waals surface area (Å²) in [6, 6.07) is -0.225. The molecule has 1 heterocycles. The summed E-state index contributed by atoms with van der Waals surface area (Å²) in [5, 5.41) is 8.57. The third-order valence-electron chi connectivity index (χ3n) is 3.11. The van der Waals surface area contributed by atoms with Crippen LogP contribution in [0.25, 0.3) is 0 Å². The van der Waals surface area contributed by atoms with Gasteiger partial charge in [0, 0.05) is 19.6 Å². The third kappa shape index (κ3) is 3.48. The molecule has 1 aliphatic rings. The fourth-order valence-corrected chi connectivity index (χ4v) is 1.86. The van der Waals surface area contributed by atoms with Crippen LogP contribution in [-0.2, 0) is 9.59 Å². The average molecular weight is 228 g/mol. The number of likely N-dealkylation sites (N-methyl/N-ethyl adjacent to an activating group) is 1. The molecule has 0 aromatic rings. The van der Waals surface area contributed by atoms with Crippen molar-refractivity contribution in [2.24, 2.45) is 0 Å². The normalized spacial score (nSPS) is 17.8. The lowest BCUT2D eigenvalue weighted by molar-refractivity contribution is -0.139. The minimum Gasteiger partial charge on any atom is -0.481 e. The molecule has 1 fully saturated rings. The second-order valence-corrected chi connectivity index (χ2v) is 4.33. The number of hydrogen-bond acceptors (Lipinski definition) is 3. The van der Waals surface area contributed by atoms with Gasteiger partial charge in [-0.1, -0.05) is 0 Å². The second-order valence-electron chi connectivity index (χ2n) is 4.33. The van der Waals surface area contributed by atoms with Crippen LogP contribution in [0.1, 0.15) is 26.2 Å². The topological polar surface area (TPSA) is 60.9 Å². The van der Waals surface area contributed by atoms with E-state index in [1.54, 1.807) is 11.9 Å². The lowest BCUT2D eigenvalue weighted by Crippen LogP contribution is -2.45. The van der Waals surface area contributed by atoms with E-state index in [4.69, 9.17) is 5.11 Å². The van der Waals surface area contributed by atoms with Crippen LogP contribution in [-0.4, -0.2) is 59.5 Å². The summed E-state index contributed by atoms with van der Waals surface area (Å²) in [5.41, 5.74) is 0. The minimum atomic E-state index is -0.826. The summed E-state index contributed by atoms with van der Waals surface area (Å²) >= 11 is 0. The maximum absolute atomic E-state index is 12.0. The van der Waals surface area contributed by atoms with Crippen LogP contribution in [0.2, 0.25) is 0 Å². The lowest BCUT2D eigenvalue weighted by Gasteiger charge is -2.27. The molecule has 1 saturated heterocycles. The van der Waals surface area contributed by atoms with Crippen molar-refractivity contribution in [3.8, 4) is 0 Å². The predicted molar refractivity (Wildman–Crippen MR) is 60.2 cm³/mol. The average Bonchev–Trinajstić information content (AvgIpc) is 2.77. The van der Waals surface area contributed by atoms with E-state index < -0.39 is 5.97 Å². The van der Waals surface area contributed by atoms with Gasteiger partial charge in [-0.15, -0.1) is 0 Å². The number of nitrogens with zero attached hydrogens (tertiary/aromatic N) is 2. The van der Waals surface area contributed by atoms with Crippen LogP contribution >= 0.6 is 0 Å². The Balaban J connectivity index is 2.39. The van der Waals surface area contributed by atoms with E-state index >= 15 is 0 Å². The van der Waals surface area contributed by atoms with Gasteiger partial charge in [0.2, 0.25) is 5.91 Å². The fraction of sp³-hybridized carbons (Fsp3) is 0.818. The van der Waals surface area contributed by atoms with Gasteiger partial charge in [0.05, 0.1) is 12.5 Å². The van der Waals surface area contributed by atoms with Crippen LogP contribution in [0, 0.1) is 0 Å². The number of rotatable bonds is 5. The number of likely N-dealkylation sites (tertiary alicyclic amines) is 1. The molecule has 0 radical (unpaired) electrons. The highest BCUT2D eigenvalue weighted by molar-refractivity contribution is 5.81. The molecule has 1 unspecified atom stereocenters. The van der Waals surface area contributed by atoms with E-state index in [0.717, 1.165) is 25.9 Å². The van der Waals surface area contributed by atoms with Gasteiger partial charge >= 0.3 is 5.97 Å². The Labute approximate surface area is 96.0 Å². The van der Waals surface area contributed by atoms with Crippen molar-refractivity contribution in [2.75, 3.05) is 26.7 Å². The third-order valence-corrected chi connectivity index (χ3v) is 3.11. The highest BCUT2D eigenvalue weighted by atomic mass is 16.4. The smallest absolute Gasteiger partial charge is 0.304 e. The predicted octanol–water partition coefficient (Wildman–Crippen LogP) is 0.404. The Kier molecular flexibility index (Phi) is 4.73. The van der Waals surface area contributed by atoms with Crippen LogP contribution in [0.15, 0.2) is 0 Å². The molecule has 1 aliphatic heterocycles. The van der Waals surface area contributed by atoms with E-state index in [1.165, 1.54) is 0 Å². The summed E-state index contributed by atoms with van der Waals surface area (Å²) in [5.74, 6) is -0.710. The summed E-state index contributed by atoms with van der Waals surface area (Å²) in [7, 11) is 1.79. The maximum atomic E-state index is 12.0. The number of amides is 1. The van der Waals surface area contributed by atoms with Gasteiger partial charge in [-0.05, 0) is 26.8 Å². The molecule has 0 aromatic heterocycles. The molecule has 1 amide bonds. The molecule has 0 aromatic carbocycles. The van der Waals surface area contributed by atoms with Gasteiger partial charge in [0.1, 0.15) is 0 Å². The zero-order valence-electron chi connectivity index (χ0n) is 9.98. The standard InChI is InChI=1S/C11H20N2O3/c1-9(12(2)8-5-10(14)15)11(16)13-6-3-4-7-13/h9H,3-8H2,1-2H3,(H,14,15). The SMILES string of the molecule is CC(C(=O)N1CCCC1)N(C)CCC(=O)O. The van der Waals surface area contributed by atoms with Gasteiger partial charge in [-0.25, -0.2) is 0 Å². The summed E-state index contributed by atoms with van der Waals surface area (Å²) in [6.45, 7) is 3.93. The highest BCUT2D eigenvalue weighted by Crippen LogP contribution is 2.11. The van der Waals surface area contributed by atoms with Crippen molar-refractivity contribution < 1.29 is 14.7 Å². The fourth-order valence-electron chi connectivity index (χ4n) is 1.86. The molecule has 1 rings (SSSR count). The van der Waals surface area contributed by atoms with Crippen molar-refractivity contribution in [3.05, 3.63) is 0 Å². The van der Waals surface area contributed by atoms with Gasteiger partial charge in [0.15, 0.2) is 0 Å². The Morgan fingerprint density at radius 2 is 1.94 bits per heavy atom. The number of carboxylic acids is 1. The number of carbonyl (C=O) groups excluding carboxylic acids is 1. The van der Waals surface area contributed by atoms with E-state index in [2.05, 4.69) is 0 Å². The number of aliphatic carboxylic acids is 1. The van der Waals surface area contributed by atoms with Crippen molar-refractivity contribution in [2.45, 2.75) is 32.2 Å². The van der Waals surface area contributed by atoms with Crippen LogP contribution in [0.3, 0.4) is 0 Å². The molecule has 0 spiro atoms. The van der Waals surface area contributed by atoms with Gasteiger partial charge in [-0.3, -0.25) is 14.5 Å².